The van der Waals surface area contributed by atoms with Gasteiger partial charge in [-0.25, -0.2) is 8.42 Å². The van der Waals surface area contributed by atoms with Crippen molar-refractivity contribution in [2.75, 3.05) is 11.1 Å². The summed E-state index contributed by atoms with van der Waals surface area (Å²) in [6.45, 7) is 0. The first-order valence-electron chi connectivity index (χ1n) is 8.02. The van der Waals surface area contributed by atoms with Gasteiger partial charge in [-0.05, 0) is 42.3 Å². The van der Waals surface area contributed by atoms with Crippen LogP contribution < -0.4 is 5.32 Å². The van der Waals surface area contributed by atoms with Crippen LogP contribution in [0.3, 0.4) is 0 Å². The third kappa shape index (κ3) is 2.64. The lowest BCUT2D eigenvalue weighted by Gasteiger charge is -2.14. The summed E-state index contributed by atoms with van der Waals surface area (Å²) in [5.41, 5.74) is 2.49. The number of aromatic hydroxyl groups is 1. The number of phenols is 1. The van der Waals surface area contributed by atoms with E-state index in [1.54, 1.807) is 18.2 Å². The summed E-state index contributed by atoms with van der Waals surface area (Å²) in [4.78, 5) is 4.54. The lowest BCUT2D eigenvalue weighted by atomic mass is 10.0. The minimum absolute atomic E-state index is 0.0233. The fraction of sp³-hybridized carbons (Fsp3) is 0.105. The molecular weight excluding hydrogens is 364 g/mol. The normalized spacial score (nSPS) is 14.3. The summed E-state index contributed by atoms with van der Waals surface area (Å²) in [7, 11) is -3.34. The van der Waals surface area contributed by atoms with Crippen LogP contribution in [0, 0.1) is 22.7 Å². The number of sulfone groups is 1. The van der Waals surface area contributed by atoms with Gasteiger partial charge in [0.2, 0.25) is 0 Å². The summed E-state index contributed by atoms with van der Waals surface area (Å²) < 4.78 is 24.5. The second kappa shape index (κ2) is 5.97. The molecule has 0 unspecified atom stereocenters. The molecular formula is C19H12N4O3S. The number of nitriles is 2. The zero-order valence-corrected chi connectivity index (χ0v) is 14.7. The zero-order valence-electron chi connectivity index (χ0n) is 13.9. The van der Waals surface area contributed by atoms with Gasteiger partial charge in [0.05, 0.1) is 33.0 Å². The average molecular weight is 376 g/mol. The molecule has 0 amide bonds. The molecule has 4 rings (SSSR count). The number of fused-ring (bicyclic) bond motifs is 3. The molecule has 132 valence electrons. The third-order valence-corrected chi connectivity index (χ3v) is 6.36. The quantitative estimate of drug-likeness (QED) is 0.658. The molecule has 0 aliphatic carbocycles. The Morgan fingerprint density at radius 3 is 2.63 bits per heavy atom. The average Bonchev–Trinajstić information content (AvgIpc) is 2.98. The van der Waals surface area contributed by atoms with E-state index in [2.05, 4.69) is 16.4 Å². The number of phenolic OH excluding ortho intramolecular Hbond substituents is 1. The Hall–Kier alpha value is -3.62. The number of nitrogens with one attached hydrogen (secondary N) is 1. The van der Waals surface area contributed by atoms with Crippen molar-refractivity contribution >= 4 is 32.1 Å². The zero-order chi connectivity index (χ0) is 19.2. The Bertz CT molecular complexity index is 1300. The second-order valence-corrected chi connectivity index (χ2v) is 8.21. The van der Waals surface area contributed by atoms with Gasteiger partial charge >= 0.3 is 0 Å². The summed E-state index contributed by atoms with van der Waals surface area (Å²) in [6, 6.07) is 11.6. The number of aromatic nitrogens is 1. The highest BCUT2D eigenvalue weighted by atomic mass is 32.2. The van der Waals surface area contributed by atoms with Crippen LogP contribution in [0.15, 0.2) is 41.4 Å². The monoisotopic (exact) mass is 376 g/mol. The first-order valence-corrected chi connectivity index (χ1v) is 9.67. The van der Waals surface area contributed by atoms with Crippen LogP contribution in [-0.4, -0.2) is 24.3 Å². The molecule has 2 N–H and O–H groups in total. The van der Waals surface area contributed by atoms with Crippen LogP contribution in [0.2, 0.25) is 0 Å². The van der Waals surface area contributed by atoms with Crippen molar-refractivity contribution in [3.63, 3.8) is 0 Å². The smallest absolute Gasteiger partial charge is 0.179 e. The molecule has 0 saturated carbocycles. The summed E-state index contributed by atoms with van der Waals surface area (Å²) in [5.74, 6) is -0.120. The highest BCUT2D eigenvalue weighted by molar-refractivity contribution is 7.91. The number of benzene rings is 2. The van der Waals surface area contributed by atoms with E-state index < -0.39 is 9.84 Å². The van der Waals surface area contributed by atoms with Gasteiger partial charge in [-0.3, -0.25) is 4.98 Å². The van der Waals surface area contributed by atoms with Gasteiger partial charge in [0.1, 0.15) is 17.9 Å². The largest absolute Gasteiger partial charge is 0.507 e. The van der Waals surface area contributed by atoms with Gasteiger partial charge in [0.25, 0.3) is 0 Å². The predicted molar refractivity (Wildman–Crippen MR) is 98.3 cm³/mol. The van der Waals surface area contributed by atoms with Crippen molar-refractivity contribution in [2.24, 2.45) is 0 Å². The minimum Gasteiger partial charge on any atom is -0.507 e. The number of hydrogen-bond donors (Lipinski definition) is 2. The predicted octanol–water partition coefficient (Wildman–Crippen LogP) is 2.76. The molecule has 3 aromatic rings. The van der Waals surface area contributed by atoms with Crippen LogP contribution in [0.1, 0.15) is 16.7 Å². The van der Waals surface area contributed by atoms with Crippen molar-refractivity contribution < 1.29 is 13.5 Å². The van der Waals surface area contributed by atoms with Gasteiger partial charge in [-0.15, -0.1) is 0 Å². The Labute approximate surface area is 155 Å². The first kappa shape index (κ1) is 16.8. The van der Waals surface area contributed by atoms with Gasteiger partial charge in [-0.2, -0.15) is 10.5 Å². The molecule has 0 bridgehead atoms. The molecule has 1 aliphatic heterocycles. The maximum absolute atomic E-state index is 12.3. The number of anilines is 2. The lowest BCUT2D eigenvalue weighted by Crippen LogP contribution is -2.00. The fourth-order valence-electron chi connectivity index (χ4n) is 3.28. The van der Waals surface area contributed by atoms with E-state index in [9.17, 15) is 18.8 Å². The van der Waals surface area contributed by atoms with Crippen LogP contribution in [-0.2, 0) is 16.3 Å². The Morgan fingerprint density at radius 1 is 1.11 bits per heavy atom. The molecule has 2 heterocycles. The topological polar surface area (TPSA) is 127 Å². The summed E-state index contributed by atoms with van der Waals surface area (Å²) in [6.07, 6.45) is 1.77. The standard InChI is InChI=1S/C19H12N4O3S/c20-8-11-7-13(1-3-16(11)24)23-19-12(9-21)10-22-15-2-4-17-14(18(15)19)5-6-27(17,25)26/h1-4,7,10,24H,5-6H2,(H,22,23). The third-order valence-electron chi connectivity index (χ3n) is 4.56. The molecule has 0 saturated heterocycles. The van der Waals surface area contributed by atoms with E-state index in [0.29, 0.717) is 34.3 Å². The molecule has 27 heavy (non-hydrogen) atoms. The molecule has 0 atom stereocenters. The molecule has 8 heteroatoms. The van der Waals surface area contributed by atoms with E-state index in [4.69, 9.17) is 5.26 Å². The molecule has 0 radical (unpaired) electrons. The van der Waals surface area contributed by atoms with Gasteiger partial charge in [-0.1, -0.05) is 0 Å². The van der Waals surface area contributed by atoms with Gasteiger partial charge in [0, 0.05) is 17.3 Å². The van der Waals surface area contributed by atoms with Crippen LogP contribution in [0.4, 0.5) is 11.4 Å². The molecule has 1 aromatic heterocycles. The lowest BCUT2D eigenvalue weighted by molar-refractivity contribution is 0.473. The maximum atomic E-state index is 12.3. The first-order chi connectivity index (χ1) is 12.9. The van der Waals surface area contributed by atoms with Gasteiger partial charge in [0.15, 0.2) is 9.84 Å². The van der Waals surface area contributed by atoms with E-state index in [1.165, 1.54) is 18.3 Å². The summed E-state index contributed by atoms with van der Waals surface area (Å²) >= 11 is 0. The van der Waals surface area contributed by atoms with E-state index in [-0.39, 0.29) is 27.5 Å². The minimum atomic E-state index is -3.34. The van der Waals surface area contributed by atoms with E-state index in [0.717, 1.165) is 0 Å². The maximum Gasteiger partial charge on any atom is 0.179 e. The van der Waals surface area contributed by atoms with Crippen molar-refractivity contribution in [1.82, 2.24) is 4.98 Å². The number of nitrogens with zero attached hydrogens (tertiary/aromatic N) is 3. The molecule has 7 nitrogen and oxygen atoms in total. The van der Waals surface area contributed by atoms with Crippen molar-refractivity contribution in [1.29, 1.82) is 10.5 Å². The highest BCUT2D eigenvalue weighted by Gasteiger charge is 2.29. The summed E-state index contributed by atoms with van der Waals surface area (Å²) in [5, 5.41) is 32.0. The number of aryl methyl sites for hydroxylation is 1. The van der Waals surface area contributed by atoms with Crippen LogP contribution >= 0.6 is 0 Å². The number of pyridine rings is 1. The Morgan fingerprint density at radius 2 is 1.89 bits per heavy atom. The van der Waals surface area contributed by atoms with E-state index in [1.807, 2.05) is 6.07 Å². The van der Waals surface area contributed by atoms with E-state index >= 15 is 0 Å². The van der Waals surface area contributed by atoms with Crippen molar-refractivity contribution in [3.05, 3.63) is 53.2 Å². The fourth-order valence-corrected chi connectivity index (χ4v) is 4.83. The highest BCUT2D eigenvalue weighted by Crippen LogP contribution is 2.38. The second-order valence-electron chi connectivity index (χ2n) is 6.13. The molecule has 0 spiro atoms. The van der Waals surface area contributed by atoms with Crippen molar-refractivity contribution in [3.8, 4) is 17.9 Å². The van der Waals surface area contributed by atoms with Crippen LogP contribution in [0.5, 0.6) is 5.75 Å². The molecule has 0 fully saturated rings. The molecule has 2 aromatic carbocycles. The Kier molecular flexibility index (Phi) is 3.72. The number of rotatable bonds is 2. The van der Waals surface area contributed by atoms with Crippen LogP contribution in [0.25, 0.3) is 10.9 Å². The van der Waals surface area contributed by atoms with Crippen molar-refractivity contribution in [2.45, 2.75) is 11.3 Å². The molecule has 1 aliphatic rings. The number of hydrogen-bond acceptors (Lipinski definition) is 7. The SMILES string of the molecule is N#Cc1cc(Nc2c(C#N)cnc3ccc4c(c23)CCS4(=O)=O)ccc1O. The Balaban J connectivity index is 1.98. The van der Waals surface area contributed by atoms with Gasteiger partial charge < -0.3 is 10.4 Å².